The van der Waals surface area contributed by atoms with Crippen LogP contribution in [-0.2, 0) is 20.7 Å². The summed E-state index contributed by atoms with van der Waals surface area (Å²) in [6, 6.07) is 1.67. The minimum atomic E-state index is -3.83. The zero-order chi connectivity index (χ0) is 17.8. The van der Waals surface area contributed by atoms with Crippen molar-refractivity contribution in [2.24, 2.45) is 0 Å². The Morgan fingerprint density at radius 1 is 1.43 bits per heavy atom. The molecule has 0 saturated carbocycles. The number of carbonyl (C=O) groups excluding carboxylic acids is 2. The molecular weight excluding hydrogens is 340 g/mol. The number of halogens is 3. The van der Waals surface area contributed by atoms with Crippen molar-refractivity contribution in [1.29, 1.82) is 0 Å². The number of hydrogen-bond donors (Lipinski definition) is 1. The SMILES string of the molecule is CC(=O)OCCc1c([N+](=O)[O-])ccc(NC(=O)C(F)(F)P)c1F. The highest BCUT2D eigenvalue weighted by Gasteiger charge is 2.33. The van der Waals surface area contributed by atoms with Crippen molar-refractivity contribution in [3.05, 3.63) is 33.6 Å². The van der Waals surface area contributed by atoms with Crippen LogP contribution in [0.5, 0.6) is 0 Å². The number of esters is 1. The highest BCUT2D eigenvalue weighted by molar-refractivity contribution is 7.20. The van der Waals surface area contributed by atoms with E-state index in [0.717, 1.165) is 28.3 Å². The van der Waals surface area contributed by atoms with E-state index in [-0.39, 0.29) is 13.0 Å². The molecule has 0 fully saturated rings. The van der Waals surface area contributed by atoms with E-state index in [2.05, 4.69) is 4.74 Å². The first-order valence-corrected chi connectivity index (χ1v) is 6.69. The van der Waals surface area contributed by atoms with Crippen molar-refractivity contribution in [2.45, 2.75) is 19.0 Å². The van der Waals surface area contributed by atoms with Gasteiger partial charge in [-0.1, -0.05) is 9.24 Å². The molecule has 1 rings (SSSR count). The number of benzene rings is 1. The summed E-state index contributed by atoms with van der Waals surface area (Å²) in [7, 11) is 0.984. The van der Waals surface area contributed by atoms with Crippen molar-refractivity contribution in [1.82, 2.24) is 0 Å². The van der Waals surface area contributed by atoms with E-state index in [0.29, 0.717) is 0 Å². The number of nitrogens with one attached hydrogen (secondary N) is 1. The average molecular weight is 352 g/mol. The molecule has 0 aliphatic heterocycles. The summed E-state index contributed by atoms with van der Waals surface area (Å²) in [6.07, 6.45) is -0.358. The zero-order valence-electron chi connectivity index (χ0n) is 11.8. The molecule has 1 N–H and O–H groups in total. The second-order valence-corrected chi connectivity index (χ2v) is 5.07. The Balaban J connectivity index is 3.13. The van der Waals surface area contributed by atoms with Crippen molar-refractivity contribution >= 4 is 32.5 Å². The van der Waals surface area contributed by atoms with Gasteiger partial charge in [-0.05, 0) is 6.07 Å². The Kier molecular flexibility index (Phi) is 6.03. The molecule has 0 bridgehead atoms. The fourth-order valence-electron chi connectivity index (χ4n) is 1.62. The summed E-state index contributed by atoms with van der Waals surface area (Å²) < 4.78 is 44.4. The molecule has 0 heterocycles. The molecule has 7 nitrogen and oxygen atoms in total. The van der Waals surface area contributed by atoms with Crippen LogP contribution in [0.15, 0.2) is 12.1 Å². The smallest absolute Gasteiger partial charge is 0.335 e. The lowest BCUT2D eigenvalue weighted by Crippen LogP contribution is -2.29. The molecule has 0 aliphatic carbocycles. The second kappa shape index (κ2) is 7.36. The number of carbonyl (C=O) groups is 2. The van der Waals surface area contributed by atoms with Gasteiger partial charge in [0.25, 0.3) is 11.6 Å². The quantitative estimate of drug-likeness (QED) is 0.366. The Morgan fingerprint density at radius 2 is 2.04 bits per heavy atom. The number of rotatable bonds is 6. The summed E-state index contributed by atoms with van der Waals surface area (Å²) in [4.78, 5) is 31.8. The van der Waals surface area contributed by atoms with E-state index in [1.807, 2.05) is 0 Å². The van der Waals surface area contributed by atoms with Gasteiger partial charge in [-0.25, -0.2) is 4.39 Å². The fraction of sp³-hybridized carbons (Fsp3) is 0.333. The molecule has 1 unspecified atom stereocenters. The van der Waals surface area contributed by atoms with E-state index in [4.69, 9.17) is 0 Å². The largest absolute Gasteiger partial charge is 0.466 e. The van der Waals surface area contributed by atoms with E-state index < -0.39 is 45.2 Å². The maximum atomic E-state index is 14.3. The predicted molar refractivity (Wildman–Crippen MR) is 76.7 cm³/mol. The minimum absolute atomic E-state index is 0.343. The maximum absolute atomic E-state index is 14.3. The van der Waals surface area contributed by atoms with Gasteiger partial charge in [0.05, 0.1) is 22.8 Å². The van der Waals surface area contributed by atoms with Gasteiger partial charge in [0.2, 0.25) is 0 Å². The lowest BCUT2D eigenvalue weighted by Gasteiger charge is -2.13. The van der Waals surface area contributed by atoms with Crippen LogP contribution in [0.2, 0.25) is 0 Å². The molecule has 0 aliphatic rings. The van der Waals surface area contributed by atoms with Crippen molar-refractivity contribution in [3.8, 4) is 0 Å². The van der Waals surface area contributed by atoms with Crippen LogP contribution in [0, 0.1) is 15.9 Å². The Labute approximate surface area is 130 Å². The predicted octanol–water partition coefficient (Wildman–Crippen LogP) is 2.25. The molecule has 1 aromatic carbocycles. The van der Waals surface area contributed by atoms with Crippen molar-refractivity contribution in [3.63, 3.8) is 0 Å². The second-order valence-electron chi connectivity index (χ2n) is 4.35. The maximum Gasteiger partial charge on any atom is 0.335 e. The van der Waals surface area contributed by atoms with E-state index in [9.17, 15) is 32.9 Å². The summed E-state index contributed by atoms with van der Waals surface area (Å²) in [6.45, 7) is 0.757. The van der Waals surface area contributed by atoms with E-state index in [1.165, 1.54) is 0 Å². The highest BCUT2D eigenvalue weighted by atomic mass is 31.0. The van der Waals surface area contributed by atoms with Gasteiger partial charge in [-0.15, -0.1) is 0 Å². The molecule has 126 valence electrons. The van der Waals surface area contributed by atoms with Gasteiger partial charge in [-0.2, -0.15) is 8.78 Å². The fourth-order valence-corrected chi connectivity index (χ4v) is 1.69. The number of anilines is 1. The molecular formula is C12H12F3N2O5P. The summed E-state index contributed by atoms with van der Waals surface area (Å²) in [5.74, 6) is -3.70. The van der Waals surface area contributed by atoms with Crippen LogP contribution in [0.25, 0.3) is 0 Å². The van der Waals surface area contributed by atoms with Crippen molar-refractivity contribution in [2.75, 3.05) is 11.9 Å². The monoisotopic (exact) mass is 352 g/mol. The van der Waals surface area contributed by atoms with Gasteiger partial charge >= 0.3 is 11.6 Å². The van der Waals surface area contributed by atoms with Gasteiger partial charge in [0.15, 0.2) is 5.82 Å². The average Bonchev–Trinajstić information content (AvgIpc) is 2.40. The van der Waals surface area contributed by atoms with Crippen LogP contribution in [0.4, 0.5) is 24.5 Å². The van der Waals surface area contributed by atoms with E-state index >= 15 is 0 Å². The van der Waals surface area contributed by atoms with Gasteiger partial charge in [0.1, 0.15) is 0 Å². The summed E-state index contributed by atoms with van der Waals surface area (Å²) >= 11 is 0. The Morgan fingerprint density at radius 3 is 2.52 bits per heavy atom. The third-order valence-electron chi connectivity index (χ3n) is 2.62. The molecule has 23 heavy (non-hydrogen) atoms. The number of alkyl halides is 2. The topological polar surface area (TPSA) is 98.5 Å². The first-order chi connectivity index (χ1) is 10.5. The molecule has 1 atom stereocenters. The number of nitro groups is 1. The van der Waals surface area contributed by atoms with Crippen LogP contribution in [0.1, 0.15) is 12.5 Å². The molecule has 0 saturated heterocycles. The first-order valence-electron chi connectivity index (χ1n) is 6.11. The van der Waals surface area contributed by atoms with Gasteiger partial charge in [0, 0.05) is 19.4 Å². The molecule has 11 heteroatoms. The zero-order valence-corrected chi connectivity index (χ0v) is 12.9. The van der Waals surface area contributed by atoms with Crippen LogP contribution in [0.3, 0.4) is 0 Å². The summed E-state index contributed by atoms with van der Waals surface area (Å²) in [5, 5.41) is 12.5. The number of amides is 1. The third kappa shape index (κ3) is 5.17. The minimum Gasteiger partial charge on any atom is -0.466 e. The van der Waals surface area contributed by atoms with Crippen LogP contribution in [-0.4, -0.2) is 29.1 Å². The summed E-state index contributed by atoms with van der Waals surface area (Å²) in [5.41, 5.74) is -5.56. The number of hydrogen-bond acceptors (Lipinski definition) is 5. The number of nitrogens with zero attached hydrogens (tertiary/aromatic N) is 1. The Bertz CT molecular complexity index is 648. The van der Waals surface area contributed by atoms with Gasteiger partial charge < -0.3 is 10.1 Å². The normalized spacial score (nSPS) is 11.0. The molecule has 1 amide bonds. The number of ether oxygens (including phenoxy) is 1. The Hall–Kier alpha value is -2.22. The van der Waals surface area contributed by atoms with Crippen LogP contribution >= 0.6 is 9.24 Å². The molecule has 1 aromatic rings. The lowest BCUT2D eigenvalue weighted by atomic mass is 10.1. The van der Waals surface area contributed by atoms with Crippen molar-refractivity contribution < 1.29 is 32.4 Å². The number of nitro benzene ring substituents is 1. The molecule has 0 aromatic heterocycles. The lowest BCUT2D eigenvalue weighted by molar-refractivity contribution is -0.385. The molecule has 0 spiro atoms. The standard InChI is InChI=1S/C12H12F3N2O5P/c1-6(18)22-5-4-7-9(17(20)21)3-2-8(10(7)13)16-11(19)12(14,15)23/h2-3H,4-5,23H2,1H3,(H,16,19). The first kappa shape index (κ1) is 18.8. The van der Waals surface area contributed by atoms with Gasteiger partial charge in [-0.3, -0.25) is 19.7 Å². The van der Waals surface area contributed by atoms with E-state index in [1.54, 1.807) is 5.32 Å². The van der Waals surface area contributed by atoms with Crippen LogP contribution < -0.4 is 5.32 Å². The molecule has 0 radical (unpaired) electrons. The highest BCUT2D eigenvalue weighted by Crippen LogP contribution is 2.30. The third-order valence-corrected chi connectivity index (χ3v) is 2.89.